The number of carbonyl (C=O) groups excluding carboxylic acids is 2. The average molecular weight is 400 g/mol. The first-order valence-electron chi connectivity index (χ1n) is 8.14. The number of hydrogen-bond acceptors (Lipinski definition) is 5. The number of amides is 2. The highest BCUT2D eigenvalue weighted by Gasteiger charge is 2.09. The fourth-order valence-electron chi connectivity index (χ4n) is 2.29. The van der Waals surface area contributed by atoms with E-state index in [1.165, 1.54) is 37.5 Å². The Morgan fingerprint density at radius 1 is 0.964 bits per heavy atom. The Hall–Kier alpha value is -3.52. The van der Waals surface area contributed by atoms with Crippen LogP contribution in [0.4, 0.5) is 27.4 Å². The van der Waals surface area contributed by atoms with Gasteiger partial charge in [0.1, 0.15) is 5.82 Å². The first kappa shape index (κ1) is 19.2. The molecule has 0 atom stereocenters. The van der Waals surface area contributed by atoms with E-state index in [0.29, 0.717) is 17.1 Å². The van der Waals surface area contributed by atoms with Crippen molar-refractivity contribution in [2.75, 3.05) is 16.0 Å². The van der Waals surface area contributed by atoms with Crippen molar-refractivity contribution in [1.82, 2.24) is 9.97 Å². The molecule has 0 aliphatic rings. The van der Waals surface area contributed by atoms with Crippen LogP contribution in [0.25, 0.3) is 0 Å². The number of benzene rings is 2. The molecule has 0 fully saturated rings. The van der Waals surface area contributed by atoms with E-state index in [-0.39, 0.29) is 22.4 Å². The first-order valence-corrected chi connectivity index (χ1v) is 8.51. The van der Waals surface area contributed by atoms with Gasteiger partial charge < -0.3 is 16.0 Å². The summed E-state index contributed by atoms with van der Waals surface area (Å²) < 4.78 is 13.2. The number of anilines is 4. The van der Waals surface area contributed by atoms with E-state index in [4.69, 9.17) is 11.6 Å². The van der Waals surface area contributed by atoms with Crippen LogP contribution in [-0.2, 0) is 4.79 Å². The molecule has 3 aromatic rings. The molecular weight excluding hydrogens is 385 g/mol. The Labute approximate surface area is 165 Å². The molecule has 0 aliphatic heterocycles. The van der Waals surface area contributed by atoms with Crippen LogP contribution in [-0.4, -0.2) is 21.8 Å². The minimum absolute atomic E-state index is 0.0255. The van der Waals surface area contributed by atoms with Crippen molar-refractivity contribution >= 4 is 46.4 Å². The summed E-state index contributed by atoms with van der Waals surface area (Å²) in [4.78, 5) is 31.6. The lowest BCUT2D eigenvalue weighted by atomic mass is 10.2. The summed E-state index contributed by atoms with van der Waals surface area (Å²) in [6.07, 6.45) is 2.71. The molecule has 0 unspecified atom stereocenters. The molecule has 3 rings (SSSR count). The predicted molar refractivity (Wildman–Crippen MR) is 105 cm³/mol. The van der Waals surface area contributed by atoms with Gasteiger partial charge in [-0.25, -0.2) is 14.4 Å². The number of nitrogens with one attached hydrogen (secondary N) is 3. The van der Waals surface area contributed by atoms with Crippen molar-refractivity contribution in [3.8, 4) is 0 Å². The van der Waals surface area contributed by atoms with Gasteiger partial charge in [-0.2, -0.15) is 0 Å². The highest BCUT2D eigenvalue weighted by molar-refractivity contribution is 6.31. The molecule has 7 nitrogen and oxygen atoms in total. The van der Waals surface area contributed by atoms with Gasteiger partial charge in [-0.3, -0.25) is 9.59 Å². The molecule has 0 radical (unpaired) electrons. The van der Waals surface area contributed by atoms with Crippen molar-refractivity contribution in [3.05, 3.63) is 71.3 Å². The zero-order valence-corrected chi connectivity index (χ0v) is 15.4. The first-order chi connectivity index (χ1) is 13.4. The molecule has 1 heterocycles. The van der Waals surface area contributed by atoms with Crippen molar-refractivity contribution < 1.29 is 14.0 Å². The van der Waals surface area contributed by atoms with Gasteiger partial charge in [0.25, 0.3) is 5.91 Å². The van der Waals surface area contributed by atoms with Crippen LogP contribution in [0.1, 0.15) is 17.3 Å². The molecular formula is C19H15ClFN5O2. The number of nitrogens with zero attached hydrogens (tertiary/aromatic N) is 2. The predicted octanol–water partition coefficient (Wildman–Crippen LogP) is 4.22. The number of hydrogen-bond donors (Lipinski definition) is 3. The summed E-state index contributed by atoms with van der Waals surface area (Å²) in [6, 6.07) is 10.9. The van der Waals surface area contributed by atoms with Crippen LogP contribution in [0.15, 0.2) is 54.9 Å². The smallest absolute Gasteiger partial charge is 0.258 e. The lowest BCUT2D eigenvalue weighted by Crippen LogP contribution is -2.13. The standard InChI is InChI=1S/C19H15ClFN5O2/c1-11(27)24-13-3-2-4-14(7-13)25-18(28)12-9-22-19(23-10-12)26-15-5-6-17(21)16(20)8-15/h2-10H,1H3,(H,24,27)(H,25,28)(H,22,23,26). The summed E-state index contributed by atoms with van der Waals surface area (Å²) in [5.74, 6) is -0.909. The lowest BCUT2D eigenvalue weighted by molar-refractivity contribution is -0.114. The number of rotatable bonds is 5. The molecule has 0 bridgehead atoms. The molecule has 2 aromatic carbocycles. The van der Waals surface area contributed by atoms with Gasteiger partial charge in [0.05, 0.1) is 10.6 Å². The maximum absolute atomic E-state index is 13.2. The van der Waals surface area contributed by atoms with Crippen LogP contribution in [0.2, 0.25) is 5.02 Å². The van der Waals surface area contributed by atoms with Crippen molar-refractivity contribution in [2.24, 2.45) is 0 Å². The fraction of sp³-hybridized carbons (Fsp3) is 0.0526. The highest BCUT2D eigenvalue weighted by atomic mass is 35.5. The van der Waals surface area contributed by atoms with Gasteiger partial charge in [0, 0.05) is 36.4 Å². The van der Waals surface area contributed by atoms with Crippen LogP contribution < -0.4 is 16.0 Å². The molecule has 28 heavy (non-hydrogen) atoms. The van der Waals surface area contributed by atoms with Gasteiger partial charge in [0.2, 0.25) is 11.9 Å². The zero-order chi connectivity index (χ0) is 20.1. The molecule has 1 aromatic heterocycles. The second-order valence-corrected chi connectivity index (χ2v) is 6.17. The van der Waals surface area contributed by atoms with E-state index in [1.54, 1.807) is 24.3 Å². The third-order valence-electron chi connectivity index (χ3n) is 3.53. The van der Waals surface area contributed by atoms with Crippen LogP contribution in [0, 0.1) is 5.82 Å². The van der Waals surface area contributed by atoms with Gasteiger partial charge in [-0.1, -0.05) is 17.7 Å². The Morgan fingerprint density at radius 2 is 1.64 bits per heavy atom. The molecule has 3 N–H and O–H groups in total. The molecule has 9 heteroatoms. The molecule has 142 valence electrons. The maximum Gasteiger partial charge on any atom is 0.258 e. The zero-order valence-electron chi connectivity index (χ0n) is 14.7. The topological polar surface area (TPSA) is 96.0 Å². The monoisotopic (exact) mass is 399 g/mol. The Bertz CT molecular complexity index is 1030. The minimum Gasteiger partial charge on any atom is -0.326 e. The normalized spacial score (nSPS) is 10.2. The van der Waals surface area contributed by atoms with E-state index >= 15 is 0 Å². The summed E-state index contributed by atoms with van der Waals surface area (Å²) in [5.41, 5.74) is 1.84. The summed E-state index contributed by atoms with van der Waals surface area (Å²) in [7, 11) is 0. The average Bonchev–Trinajstić information content (AvgIpc) is 2.65. The van der Waals surface area contributed by atoms with Crippen molar-refractivity contribution in [3.63, 3.8) is 0 Å². The van der Waals surface area contributed by atoms with Crippen LogP contribution in [0.5, 0.6) is 0 Å². The maximum atomic E-state index is 13.2. The molecule has 0 spiro atoms. The summed E-state index contributed by atoms with van der Waals surface area (Å²) in [6.45, 7) is 1.40. The molecule has 0 aliphatic carbocycles. The van der Waals surface area contributed by atoms with Crippen molar-refractivity contribution in [2.45, 2.75) is 6.92 Å². The SMILES string of the molecule is CC(=O)Nc1cccc(NC(=O)c2cnc(Nc3ccc(F)c(Cl)c3)nc2)c1. The highest BCUT2D eigenvalue weighted by Crippen LogP contribution is 2.21. The van der Waals surface area contributed by atoms with Crippen molar-refractivity contribution in [1.29, 1.82) is 0 Å². The second kappa shape index (κ2) is 8.45. The largest absolute Gasteiger partial charge is 0.326 e. The number of carbonyl (C=O) groups is 2. The Balaban J connectivity index is 1.66. The van der Waals surface area contributed by atoms with E-state index in [0.717, 1.165) is 0 Å². The van der Waals surface area contributed by atoms with Gasteiger partial charge in [-0.05, 0) is 36.4 Å². The number of halogens is 2. The van der Waals surface area contributed by atoms with Crippen LogP contribution >= 0.6 is 11.6 Å². The Kier molecular flexibility index (Phi) is 5.81. The van der Waals surface area contributed by atoms with Gasteiger partial charge in [0.15, 0.2) is 0 Å². The van der Waals surface area contributed by atoms with E-state index in [9.17, 15) is 14.0 Å². The third-order valence-corrected chi connectivity index (χ3v) is 3.82. The lowest BCUT2D eigenvalue weighted by Gasteiger charge is -2.08. The fourth-order valence-corrected chi connectivity index (χ4v) is 2.47. The van der Waals surface area contributed by atoms with Gasteiger partial charge in [-0.15, -0.1) is 0 Å². The molecule has 2 amide bonds. The van der Waals surface area contributed by atoms with Gasteiger partial charge >= 0.3 is 0 Å². The molecule has 0 saturated carbocycles. The summed E-state index contributed by atoms with van der Waals surface area (Å²) in [5, 5.41) is 8.19. The second-order valence-electron chi connectivity index (χ2n) is 5.77. The van der Waals surface area contributed by atoms with Crippen LogP contribution in [0.3, 0.4) is 0 Å². The quantitative estimate of drug-likeness (QED) is 0.596. The molecule has 0 saturated heterocycles. The Morgan fingerprint density at radius 3 is 2.29 bits per heavy atom. The number of aromatic nitrogens is 2. The third kappa shape index (κ3) is 5.01. The van der Waals surface area contributed by atoms with E-state index in [1.807, 2.05) is 0 Å². The summed E-state index contributed by atoms with van der Waals surface area (Å²) >= 11 is 5.73. The van der Waals surface area contributed by atoms with E-state index in [2.05, 4.69) is 25.9 Å². The minimum atomic E-state index is -0.525. The van der Waals surface area contributed by atoms with E-state index < -0.39 is 11.7 Å².